The number of piperazine rings is 1. The van der Waals surface area contributed by atoms with Crippen LogP contribution in [0.1, 0.15) is 13.8 Å². The minimum absolute atomic E-state index is 0.593. The van der Waals surface area contributed by atoms with Crippen LogP contribution in [-0.2, 0) is 0 Å². The molecule has 0 bridgehead atoms. The highest BCUT2D eigenvalue weighted by molar-refractivity contribution is 14.1. The van der Waals surface area contributed by atoms with Crippen molar-refractivity contribution in [1.29, 1.82) is 0 Å². The lowest BCUT2D eigenvalue weighted by molar-refractivity contribution is 0.390. The summed E-state index contributed by atoms with van der Waals surface area (Å²) in [5, 5.41) is 3.49. The summed E-state index contributed by atoms with van der Waals surface area (Å²) in [5.74, 6) is 0.667. The van der Waals surface area contributed by atoms with Crippen molar-refractivity contribution in [3.05, 3.63) is 26.2 Å². The molecule has 0 aromatic heterocycles. The van der Waals surface area contributed by atoms with Crippen LogP contribution >= 0.6 is 38.5 Å². The average molecular weight is 409 g/mol. The minimum Gasteiger partial charge on any atom is -0.366 e. The zero-order valence-electron chi connectivity index (χ0n) is 10.2. The first-order valence-electron chi connectivity index (χ1n) is 6.02. The van der Waals surface area contributed by atoms with E-state index in [0.29, 0.717) is 12.0 Å². The van der Waals surface area contributed by atoms with Crippen molar-refractivity contribution in [2.45, 2.75) is 19.9 Å². The highest BCUT2D eigenvalue weighted by Gasteiger charge is 2.25. The number of nitrogens with one attached hydrogen (secondary N) is 1. The second-order valence-electron chi connectivity index (χ2n) is 4.81. The van der Waals surface area contributed by atoms with E-state index < -0.39 is 0 Å². The van der Waals surface area contributed by atoms with Gasteiger partial charge >= 0.3 is 0 Å². The quantitative estimate of drug-likeness (QED) is 0.753. The van der Waals surface area contributed by atoms with Gasteiger partial charge in [-0.25, -0.2) is 0 Å². The van der Waals surface area contributed by atoms with E-state index >= 15 is 0 Å². The van der Waals surface area contributed by atoms with Crippen LogP contribution in [0.5, 0.6) is 0 Å². The van der Waals surface area contributed by atoms with Crippen molar-refractivity contribution >= 4 is 44.2 Å². The first-order valence-corrected chi connectivity index (χ1v) is 7.89. The predicted octanol–water partition coefficient (Wildman–Crippen LogP) is 3.49. The third-order valence-electron chi connectivity index (χ3n) is 3.29. The SMILES string of the molecule is CC(C)C1CNCCN1c1ccc(I)c(Br)c1. The van der Waals surface area contributed by atoms with E-state index in [1.54, 1.807) is 0 Å². The molecule has 1 unspecified atom stereocenters. The number of rotatable bonds is 2. The molecule has 1 N–H and O–H groups in total. The summed E-state index contributed by atoms with van der Waals surface area (Å²) in [6.45, 7) is 7.85. The second kappa shape index (κ2) is 5.89. The van der Waals surface area contributed by atoms with Crippen LogP contribution in [0.4, 0.5) is 5.69 Å². The zero-order valence-corrected chi connectivity index (χ0v) is 14.0. The van der Waals surface area contributed by atoms with Crippen LogP contribution in [0.3, 0.4) is 0 Å². The third kappa shape index (κ3) is 3.15. The summed E-state index contributed by atoms with van der Waals surface area (Å²) in [4.78, 5) is 2.53. The summed E-state index contributed by atoms with van der Waals surface area (Å²) in [6, 6.07) is 7.24. The number of nitrogens with zero attached hydrogens (tertiary/aromatic N) is 1. The van der Waals surface area contributed by atoms with Crippen LogP contribution in [0.15, 0.2) is 22.7 Å². The van der Waals surface area contributed by atoms with Crippen LogP contribution in [0, 0.1) is 9.49 Å². The van der Waals surface area contributed by atoms with Crippen LogP contribution < -0.4 is 10.2 Å². The number of anilines is 1. The summed E-state index contributed by atoms with van der Waals surface area (Å²) in [6.07, 6.45) is 0. The first kappa shape index (κ1) is 13.6. The van der Waals surface area contributed by atoms with Gasteiger partial charge in [0.25, 0.3) is 0 Å². The lowest BCUT2D eigenvalue weighted by Crippen LogP contribution is -2.53. The molecule has 1 heterocycles. The molecule has 1 atom stereocenters. The van der Waals surface area contributed by atoms with Gasteiger partial charge in [-0.05, 0) is 62.6 Å². The molecule has 0 saturated carbocycles. The second-order valence-corrected chi connectivity index (χ2v) is 6.82. The van der Waals surface area contributed by atoms with Crippen LogP contribution in [0.2, 0.25) is 0 Å². The van der Waals surface area contributed by atoms with Gasteiger partial charge in [-0.1, -0.05) is 13.8 Å². The summed E-state index contributed by atoms with van der Waals surface area (Å²) < 4.78 is 2.46. The molecule has 1 aromatic rings. The fourth-order valence-electron chi connectivity index (χ4n) is 2.31. The molecule has 94 valence electrons. The van der Waals surface area contributed by atoms with E-state index in [-0.39, 0.29) is 0 Å². The lowest BCUT2D eigenvalue weighted by Gasteiger charge is -2.40. The standard InChI is InChI=1S/C13H18BrIN2/c1-9(2)13-8-16-5-6-17(13)10-3-4-12(15)11(14)7-10/h3-4,7,9,13,16H,5-6,8H2,1-2H3. The van der Waals surface area contributed by atoms with Crippen molar-refractivity contribution in [1.82, 2.24) is 5.32 Å². The van der Waals surface area contributed by atoms with Gasteiger partial charge in [-0.2, -0.15) is 0 Å². The molecule has 1 fully saturated rings. The Bertz CT molecular complexity index is 395. The Morgan fingerprint density at radius 2 is 2.24 bits per heavy atom. The van der Waals surface area contributed by atoms with Crippen LogP contribution in [-0.4, -0.2) is 25.7 Å². The van der Waals surface area contributed by atoms with Gasteiger partial charge in [0, 0.05) is 39.4 Å². The van der Waals surface area contributed by atoms with Crippen LogP contribution in [0.25, 0.3) is 0 Å². The fourth-order valence-corrected chi connectivity index (χ4v) is 3.01. The Labute approximate surface area is 125 Å². The molecule has 1 aromatic carbocycles. The molecule has 1 saturated heterocycles. The van der Waals surface area contributed by atoms with Crippen molar-refractivity contribution in [3.8, 4) is 0 Å². The molecule has 2 rings (SSSR count). The Hall–Kier alpha value is 0.190. The molecule has 0 spiro atoms. The van der Waals surface area contributed by atoms with Crippen molar-refractivity contribution in [2.75, 3.05) is 24.5 Å². The number of hydrogen-bond donors (Lipinski definition) is 1. The van der Waals surface area contributed by atoms with E-state index in [0.717, 1.165) is 19.6 Å². The Morgan fingerprint density at radius 3 is 2.88 bits per heavy atom. The number of halogens is 2. The molecular formula is C13H18BrIN2. The van der Waals surface area contributed by atoms with E-state index in [4.69, 9.17) is 0 Å². The summed E-state index contributed by atoms with van der Waals surface area (Å²) in [7, 11) is 0. The smallest absolute Gasteiger partial charge is 0.0438 e. The van der Waals surface area contributed by atoms with Gasteiger partial charge in [0.15, 0.2) is 0 Å². The van der Waals surface area contributed by atoms with Gasteiger partial charge in [0.05, 0.1) is 0 Å². The molecule has 1 aliphatic heterocycles. The van der Waals surface area contributed by atoms with Gasteiger partial charge in [0.2, 0.25) is 0 Å². The highest BCUT2D eigenvalue weighted by Crippen LogP contribution is 2.28. The highest BCUT2D eigenvalue weighted by atomic mass is 127. The van der Waals surface area contributed by atoms with Gasteiger partial charge in [0.1, 0.15) is 0 Å². The van der Waals surface area contributed by atoms with E-state index in [1.807, 2.05) is 0 Å². The first-order chi connectivity index (χ1) is 8.09. The predicted molar refractivity (Wildman–Crippen MR) is 85.7 cm³/mol. The molecule has 4 heteroatoms. The van der Waals surface area contributed by atoms with Gasteiger partial charge < -0.3 is 10.2 Å². The average Bonchev–Trinajstić information content (AvgIpc) is 2.32. The lowest BCUT2D eigenvalue weighted by atomic mass is 10.00. The summed E-state index contributed by atoms with van der Waals surface area (Å²) >= 11 is 5.97. The molecule has 2 nitrogen and oxygen atoms in total. The van der Waals surface area contributed by atoms with Crippen molar-refractivity contribution in [3.63, 3.8) is 0 Å². The zero-order chi connectivity index (χ0) is 12.4. The maximum Gasteiger partial charge on any atom is 0.0438 e. The maximum atomic E-state index is 3.62. The topological polar surface area (TPSA) is 15.3 Å². The normalized spacial score (nSPS) is 21.0. The molecule has 17 heavy (non-hydrogen) atoms. The maximum absolute atomic E-state index is 3.62. The van der Waals surface area contributed by atoms with Crippen molar-refractivity contribution < 1.29 is 0 Å². The number of benzene rings is 1. The Balaban J connectivity index is 2.26. The molecule has 1 aliphatic rings. The van der Waals surface area contributed by atoms with E-state index in [9.17, 15) is 0 Å². The molecule has 0 amide bonds. The fraction of sp³-hybridized carbons (Fsp3) is 0.538. The minimum atomic E-state index is 0.593. The monoisotopic (exact) mass is 408 g/mol. The summed E-state index contributed by atoms with van der Waals surface area (Å²) in [5.41, 5.74) is 1.33. The van der Waals surface area contributed by atoms with Gasteiger partial charge in [-0.3, -0.25) is 0 Å². The third-order valence-corrected chi connectivity index (χ3v) is 5.63. The van der Waals surface area contributed by atoms with E-state index in [1.165, 1.54) is 13.7 Å². The number of hydrogen-bond acceptors (Lipinski definition) is 2. The largest absolute Gasteiger partial charge is 0.366 e. The molecule has 0 radical (unpaired) electrons. The Morgan fingerprint density at radius 1 is 1.47 bits per heavy atom. The van der Waals surface area contributed by atoms with Gasteiger partial charge in [-0.15, -0.1) is 0 Å². The van der Waals surface area contributed by atoms with Crippen molar-refractivity contribution in [2.24, 2.45) is 5.92 Å². The Kier molecular flexibility index (Phi) is 4.72. The molecule has 0 aliphatic carbocycles. The molecular weight excluding hydrogens is 391 g/mol. The van der Waals surface area contributed by atoms with E-state index in [2.05, 4.69) is 80.8 Å².